The molecule has 1 aliphatic carbocycles. The van der Waals surface area contributed by atoms with Crippen LogP contribution in [0.25, 0.3) is 0 Å². The van der Waals surface area contributed by atoms with Crippen LogP contribution in [0.1, 0.15) is 59.3 Å². The first-order chi connectivity index (χ1) is 8.36. The van der Waals surface area contributed by atoms with Crippen LogP contribution < -0.4 is 0 Å². The van der Waals surface area contributed by atoms with Gasteiger partial charge in [-0.15, -0.1) is 0 Å². The number of Topliss-reactive ketones (excluding diaryl/α,β-unsaturated/α-hetero) is 1. The summed E-state index contributed by atoms with van der Waals surface area (Å²) < 4.78 is 4.74. The van der Waals surface area contributed by atoms with Crippen LogP contribution in [0.4, 0.5) is 0 Å². The minimum Gasteiger partial charge on any atom is -0.469 e. The molecule has 1 aliphatic rings. The van der Waals surface area contributed by atoms with Gasteiger partial charge in [0, 0.05) is 11.3 Å². The normalized spacial score (nSPS) is 19.3. The van der Waals surface area contributed by atoms with Crippen molar-refractivity contribution in [1.29, 1.82) is 0 Å². The molecule has 0 radical (unpaired) electrons. The van der Waals surface area contributed by atoms with Crippen molar-refractivity contribution in [1.82, 2.24) is 0 Å². The molecule has 0 N–H and O–H groups in total. The number of hydrogen-bond acceptors (Lipinski definition) is 3. The van der Waals surface area contributed by atoms with E-state index in [-0.39, 0.29) is 29.5 Å². The summed E-state index contributed by atoms with van der Waals surface area (Å²) >= 11 is 0. The molecule has 1 fully saturated rings. The molecule has 0 aliphatic heterocycles. The fourth-order valence-electron chi connectivity index (χ4n) is 2.83. The minimum absolute atomic E-state index is 0.155. The molecular formula is C15H26O3. The van der Waals surface area contributed by atoms with Crippen LogP contribution in [0.3, 0.4) is 0 Å². The second-order valence-electron chi connectivity index (χ2n) is 6.40. The van der Waals surface area contributed by atoms with E-state index >= 15 is 0 Å². The van der Waals surface area contributed by atoms with Crippen molar-refractivity contribution in [2.75, 3.05) is 7.11 Å². The lowest BCUT2D eigenvalue weighted by atomic mass is 9.71. The molecule has 104 valence electrons. The summed E-state index contributed by atoms with van der Waals surface area (Å²) in [6.45, 7) is 5.80. The van der Waals surface area contributed by atoms with Crippen molar-refractivity contribution in [2.45, 2.75) is 59.3 Å². The van der Waals surface area contributed by atoms with Gasteiger partial charge in [-0.1, -0.05) is 40.0 Å². The maximum Gasteiger partial charge on any atom is 0.306 e. The van der Waals surface area contributed by atoms with E-state index in [0.29, 0.717) is 5.92 Å². The van der Waals surface area contributed by atoms with Gasteiger partial charge in [0.15, 0.2) is 0 Å². The van der Waals surface area contributed by atoms with E-state index in [1.165, 1.54) is 26.4 Å². The number of ether oxygens (including phenoxy) is 1. The Hall–Kier alpha value is -0.860. The molecule has 0 aromatic carbocycles. The van der Waals surface area contributed by atoms with E-state index in [9.17, 15) is 9.59 Å². The highest BCUT2D eigenvalue weighted by molar-refractivity contribution is 5.89. The zero-order chi connectivity index (χ0) is 13.8. The van der Waals surface area contributed by atoms with Crippen LogP contribution in [-0.2, 0) is 14.3 Å². The molecule has 0 bridgehead atoms. The fourth-order valence-corrected chi connectivity index (χ4v) is 2.83. The summed E-state index contributed by atoms with van der Waals surface area (Å²) in [4.78, 5) is 24.0. The first-order valence-electron chi connectivity index (χ1n) is 6.97. The molecule has 0 saturated heterocycles. The van der Waals surface area contributed by atoms with Crippen LogP contribution in [0.5, 0.6) is 0 Å². The lowest BCUT2D eigenvalue weighted by Gasteiger charge is -2.32. The smallest absolute Gasteiger partial charge is 0.306 e. The molecule has 18 heavy (non-hydrogen) atoms. The van der Waals surface area contributed by atoms with Gasteiger partial charge in [0.1, 0.15) is 5.78 Å². The summed E-state index contributed by atoms with van der Waals surface area (Å²) in [5.41, 5.74) is -0.379. The Morgan fingerprint density at radius 1 is 1.17 bits per heavy atom. The van der Waals surface area contributed by atoms with Gasteiger partial charge in [0.25, 0.3) is 0 Å². The van der Waals surface area contributed by atoms with Crippen molar-refractivity contribution in [3.8, 4) is 0 Å². The molecule has 1 atom stereocenters. The summed E-state index contributed by atoms with van der Waals surface area (Å²) in [7, 11) is 1.39. The molecule has 0 amide bonds. The Labute approximate surface area is 110 Å². The Kier molecular flexibility index (Phi) is 5.36. The van der Waals surface area contributed by atoms with Crippen molar-refractivity contribution < 1.29 is 14.3 Å². The summed E-state index contributed by atoms with van der Waals surface area (Å²) in [6.07, 6.45) is 6.01. The molecule has 0 spiro atoms. The number of hydrogen-bond donors (Lipinski definition) is 0. The molecule has 0 aromatic heterocycles. The van der Waals surface area contributed by atoms with Crippen molar-refractivity contribution >= 4 is 11.8 Å². The van der Waals surface area contributed by atoms with Gasteiger partial charge in [-0.05, 0) is 18.8 Å². The lowest BCUT2D eigenvalue weighted by molar-refractivity contribution is -0.146. The highest BCUT2D eigenvalue weighted by atomic mass is 16.5. The largest absolute Gasteiger partial charge is 0.469 e. The fraction of sp³-hybridized carbons (Fsp3) is 0.867. The van der Waals surface area contributed by atoms with Crippen LogP contribution >= 0.6 is 0 Å². The number of methoxy groups -OCH3 is 1. The predicted octanol–water partition coefficient (Wildman–Crippen LogP) is 3.36. The zero-order valence-corrected chi connectivity index (χ0v) is 12.1. The van der Waals surface area contributed by atoms with E-state index < -0.39 is 0 Å². The molecule has 0 unspecified atom stereocenters. The van der Waals surface area contributed by atoms with E-state index in [1.807, 2.05) is 20.8 Å². The second-order valence-corrected chi connectivity index (χ2v) is 6.40. The monoisotopic (exact) mass is 254 g/mol. The third-order valence-electron chi connectivity index (χ3n) is 3.91. The molecule has 3 nitrogen and oxygen atoms in total. The number of ketones is 1. The zero-order valence-electron chi connectivity index (χ0n) is 12.1. The summed E-state index contributed by atoms with van der Waals surface area (Å²) in [5, 5.41) is 0. The quantitative estimate of drug-likeness (QED) is 0.722. The third-order valence-corrected chi connectivity index (χ3v) is 3.91. The first-order valence-corrected chi connectivity index (χ1v) is 6.97. The summed E-state index contributed by atoms with van der Waals surface area (Å²) in [5.74, 6) is 0.158. The van der Waals surface area contributed by atoms with Crippen LogP contribution in [0.15, 0.2) is 0 Å². The van der Waals surface area contributed by atoms with E-state index in [4.69, 9.17) is 4.74 Å². The molecule has 1 rings (SSSR count). The van der Waals surface area contributed by atoms with Gasteiger partial charge < -0.3 is 4.74 Å². The average molecular weight is 254 g/mol. The van der Waals surface area contributed by atoms with Crippen molar-refractivity contribution in [2.24, 2.45) is 17.3 Å². The average Bonchev–Trinajstić information content (AvgIpc) is 2.34. The van der Waals surface area contributed by atoms with Gasteiger partial charge in [-0.25, -0.2) is 0 Å². The number of rotatable bonds is 4. The Morgan fingerprint density at radius 2 is 1.72 bits per heavy atom. The van der Waals surface area contributed by atoms with Crippen molar-refractivity contribution in [3.63, 3.8) is 0 Å². The molecular weight excluding hydrogens is 228 g/mol. The Morgan fingerprint density at radius 3 is 2.17 bits per heavy atom. The highest BCUT2D eigenvalue weighted by Gasteiger charge is 2.36. The van der Waals surface area contributed by atoms with Gasteiger partial charge in [-0.2, -0.15) is 0 Å². The van der Waals surface area contributed by atoms with Crippen LogP contribution in [0, 0.1) is 17.3 Å². The molecule has 3 heteroatoms. The standard InChI is InChI=1S/C15H26O3/c1-15(2,3)14(17)12(10-13(16)18-4)11-8-6-5-7-9-11/h11-12H,5-10H2,1-4H3/t12-/m0/s1. The molecule has 1 saturated carbocycles. The van der Waals surface area contributed by atoms with Crippen LogP contribution in [0.2, 0.25) is 0 Å². The van der Waals surface area contributed by atoms with E-state index in [2.05, 4.69) is 0 Å². The molecule has 0 heterocycles. The first kappa shape index (κ1) is 15.2. The maximum atomic E-state index is 12.5. The number of carbonyl (C=O) groups is 2. The van der Waals surface area contributed by atoms with Gasteiger partial charge in [0.05, 0.1) is 13.5 Å². The minimum atomic E-state index is -0.379. The number of carbonyl (C=O) groups excluding carboxylic acids is 2. The predicted molar refractivity (Wildman–Crippen MR) is 71.2 cm³/mol. The molecule has 0 aromatic rings. The SMILES string of the molecule is COC(=O)C[C@H](C(=O)C(C)(C)C)C1CCCCC1. The lowest BCUT2D eigenvalue weighted by Crippen LogP contribution is -2.35. The highest BCUT2D eigenvalue weighted by Crippen LogP contribution is 2.36. The Balaban J connectivity index is 2.79. The second kappa shape index (κ2) is 6.35. The van der Waals surface area contributed by atoms with Gasteiger partial charge in [0.2, 0.25) is 0 Å². The number of esters is 1. The third kappa shape index (κ3) is 4.11. The van der Waals surface area contributed by atoms with Gasteiger partial charge >= 0.3 is 5.97 Å². The van der Waals surface area contributed by atoms with Gasteiger partial charge in [-0.3, -0.25) is 9.59 Å². The van der Waals surface area contributed by atoms with Crippen molar-refractivity contribution in [3.05, 3.63) is 0 Å². The van der Waals surface area contributed by atoms with Crippen LogP contribution in [-0.4, -0.2) is 18.9 Å². The summed E-state index contributed by atoms with van der Waals surface area (Å²) in [6, 6.07) is 0. The topological polar surface area (TPSA) is 43.4 Å². The maximum absolute atomic E-state index is 12.5. The Bertz CT molecular complexity index is 295. The van der Waals surface area contributed by atoms with E-state index in [0.717, 1.165) is 12.8 Å². The van der Waals surface area contributed by atoms with E-state index in [1.54, 1.807) is 0 Å².